The zero-order chi connectivity index (χ0) is 24.1. The van der Waals surface area contributed by atoms with Gasteiger partial charge in [0.25, 0.3) is 0 Å². The van der Waals surface area contributed by atoms with Gasteiger partial charge in [0.2, 0.25) is 0 Å². The van der Waals surface area contributed by atoms with Crippen molar-refractivity contribution in [3.63, 3.8) is 0 Å². The van der Waals surface area contributed by atoms with Gasteiger partial charge in [0.1, 0.15) is 0 Å². The van der Waals surface area contributed by atoms with Crippen LogP contribution in [0.5, 0.6) is 0 Å². The average Bonchev–Trinajstić information content (AvgIpc) is 2.87. The van der Waals surface area contributed by atoms with E-state index >= 15 is 0 Å². The van der Waals surface area contributed by atoms with Crippen LogP contribution in [0.15, 0.2) is 101 Å². The van der Waals surface area contributed by atoms with Crippen molar-refractivity contribution in [3.05, 3.63) is 112 Å². The number of nitrogens with zero attached hydrogens (tertiary/aromatic N) is 2. The Morgan fingerprint density at radius 2 is 1.74 bits per heavy atom. The van der Waals surface area contributed by atoms with E-state index in [9.17, 15) is 14.9 Å². The molecule has 0 fully saturated rings. The predicted molar refractivity (Wildman–Crippen MR) is 135 cm³/mol. The number of pyridine rings is 1. The lowest BCUT2D eigenvalue weighted by molar-refractivity contribution is -0.113. The number of ketones is 2. The van der Waals surface area contributed by atoms with E-state index in [4.69, 9.17) is 0 Å². The summed E-state index contributed by atoms with van der Waals surface area (Å²) in [5.41, 5.74) is 5.16. The second-order valence-electron chi connectivity index (χ2n) is 7.95. The minimum absolute atomic E-state index is 0.0341. The highest BCUT2D eigenvalue weighted by Crippen LogP contribution is 2.40. The highest BCUT2D eigenvalue weighted by molar-refractivity contribution is 8.03. The standard InChI is InChI=1S/C28H23N3O2S/c1-18-26(19(2)32)27(23-9-6-14-30-16-23)24(15-29)28(31-18)34-17-25(33)22-12-10-21(11-13-22)20-7-4-3-5-8-20/h3-14,16,27,31H,17H2,1-2H3/t27-/m1/s1. The lowest BCUT2D eigenvalue weighted by Crippen LogP contribution is -2.27. The van der Waals surface area contributed by atoms with Crippen LogP contribution in [-0.4, -0.2) is 22.3 Å². The summed E-state index contributed by atoms with van der Waals surface area (Å²) >= 11 is 1.28. The van der Waals surface area contributed by atoms with Crippen molar-refractivity contribution in [1.29, 1.82) is 5.26 Å². The first-order chi connectivity index (χ1) is 16.5. The largest absolute Gasteiger partial charge is 0.353 e. The third-order valence-electron chi connectivity index (χ3n) is 5.71. The van der Waals surface area contributed by atoms with Crippen LogP contribution in [0.3, 0.4) is 0 Å². The van der Waals surface area contributed by atoms with Crippen LogP contribution in [0.2, 0.25) is 0 Å². The van der Waals surface area contributed by atoms with Gasteiger partial charge in [-0.3, -0.25) is 14.6 Å². The maximum absolute atomic E-state index is 12.9. The van der Waals surface area contributed by atoms with Crippen molar-refractivity contribution >= 4 is 23.3 Å². The molecule has 34 heavy (non-hydrogen) atoms. The quantitative estimate of drug-likeness (QED) is 0.454. The Bertz CT molecular complexity index is 1320. The van der Waals surface area contributed by atoms with E-state index in [0.29, 0.717) is 27.4 Å². The summed E-state index contributed by atoms with van der Waals surface area (Å²) in [5.74, 6) is -0.487. The van der Waals surface area contributed by atoms with Crippen LogP contribution in [0, 0.1) is 11.3 Å². The zero-order valence-corrected chi connectivity index (χ0v) is 19.7. The van der Waals surface area contributed by atoms with E-state index in [2.05, 4.69) is 16.4 Å². The molecule has 0 radical (unpaired) electrons. The van der Waals surface area contributed by atoms with E-state index in [0.717, 1.165) is 16.7 Å². The van der Waals surface area contributed by atoms with Gasteiger partial charge in [0, 0.05) is 29.2 Å². The van der Waals surface area contributed by atoms with Gasteiger partial charge in [0.05, 0.1) is 28.3 Å². The number of carbonyl (C=O) groups is 2. The van der Waals surface area contributed by atoms with Gasteiger partial charge >= 0.3 is 0 Å². The Hall–Kier alpha value is -3.95. The van der Waals surface area contributed by atoms with Gasteiger partial charge in [-0.15, -0.1) is 0 Å². The monoisotopic (exact) mass is 465 g/mol. The van der Waals surface area contributed by atoms with Crippen molar-refractivity contribution < 1.29 is 9.59 Å². The number of nitriles is 1. The molecule has 3 aromatic rings. The second-order valence-corrected chi connectivity index (χ2v) is 8.93. The molecule has 0 saturated heterocycles. The lowest BCUT2D eigenvalue weighted by atomic mass is 9.81. The topological polar surface area (TPSA) is 82.9 Å². The third-order valence-corrected chi connectivity index (χ3v) is 6.72. The SMILES string of the molecule is CC(=O)C1=C(C)NC(SCC(=O)c2ccc(-c3ccccc3)cc2)=C(C#N)[C@H]1c1cccnc1. The number of nitrogens with one attached hydrogen (secondary N) is 1. The number of benzene rings is 2. The van der Waals surface area contributed by atoms with E-state index in [1.54, 1.807) is 18.5 Å². The van der Waals surface area contributed by atoms with Gasteiger partial charge in [-0.2, -0.15) is 5.26 Å². The number of thioether (sulfide) groups is 1. The summed E-state index contributed by atoms with van der Waals surface area (Å²) in [6, 6.07) is 23.4. The molecule has 1 atom stereocenters. The van der Waals surface area contributed by atoms with Crippen molar-refractivity contribution in [1.82, 2.24) is 10.3 Å². The molecule has 1 aliphatic rings. The molecule has 0 saturated carbocycles. The molecule has 2 aromatic carbocycles. The van der Waals surface area contributed by atoms with E-state index in [1.165, 1.54) is 18.7 Å². The Morgan fingerprint density at radius 1 is 1.03 bits per heavy atom. The van der Waals surface area contributed by atoms with Gasteiger partial charge in [-0.25, -0.2) is 0 Å². The van der Waals surface area contributed by atoms with Crippen LogP contribution in [-0.2, 0) is 4.79 Å². The number of dihydropyridines is 1. The summed E-state index contributed by atoms with van der Waals surface area (Å²) in [7, 11) is 0. The van der Waals surface area contributed by atoms with Gasteiger partial charge in [0.15, 0.2) is 11.6 Å². The minimum atomic E-state index is -0.514. The normalized spacial score (nSPS) is 15.5. The Morgan fingerprint density at radius 3 is 2.35 bits per heavy atom. The number of allylic oxidation sites excluding steroid dienone is 3. The maximum Gasteiger partial charge on any atom is 0.173 e. The van der Waals surface area contributed by atoms with Crippen molar-refractivity contribution in [2.45, 2.75) is 19.8 Å². The summed E-state index contributed by atoms with van der Waals surface area (Å²) in [5, 5.41) is 13.8. The minimum Gasteiger partial charge on any atom is -0.353 e. The summed E-state index contributed by atoms with van der Waals surface area (Å²) < 4.78 is 0. The van der Waals surface area contributed by atoms with Crippen LogP contribution >= 0.6 is 11.8 Å². The fourth-order valence-corrected chi connectivity index (χ4v) is 5.06. The average molecular weight is 466 g/mol. The molecule has 0 unspecified atom stereocenters. The highest BCUT2D eigenvalue weighted by Gasteiger charge is 2.33. The second kappa shape index (κ2) is 10.3. The van der Waals surface area contributed by atoms with Crippen molar-refractivity contribution in [3.8, 4) is 17.2 Å². The third kappa shape index (κ3) is 4.85. The molecule has 0 aliphatic carbocycles. The molecule has 6 heteroatoms. The Labute approximate surface area is 203 Å². The van der Waals surface area contributed by atoms with Gasteiger partial charge in [-0.05, 0) is 36.6 Å². The number of Topliss-reactive ketones (excluding diaryl/α,β-unsaturated/α-hetero) is 2. The summed E-state index contributed by atoms with van der Waals surface area (Å²) in [6.45, 7) is 3.32. The first-order valence-corrected chi connectivity index (χ1v) is 11.8. The van der Waals surface area contributed by atoms with E-state index in [-0.39, 0.29) is 17.3 Å². The first-order valence-electron chi connectivity index (χ1n) is 10.8. The molecule has 0 spiro atoms. The van der Waals surface area contributed by atoms with Gasteiger partial charge in [-0.1, -0.05) is 72.4 Å². The fraction of sp³-hybridized carbons (Fsp3) is 0.143. The number of carbonyl (C=O) groups excluding carboxylic acids is 2. The molecule has 0 amide bonds. The highest BCUT2D eigenvalue weighted by atomic mass is 32.2. The predicted octanol–water partition coefficient (Wildman–Crippen LogP) is 5.65. The summed E-state index contributed by atoms with van der Waals surface area (Å²) in [6.07, 6.45) is 3.33. The van der Waals surface area contributed by atoms with E-state index in [1.807, 2.05) is 67.6 Å². The van der Waals surface area contributed by atoms with Crippen LogP contribution in [0.1, 0.15) is 35.7 Å². The molecule has 1 N–H and O–H groups in total. The van der Waals surface area contributed by atoms with Crippen LogP contribution < -0.4 is 5.32 Å². The molecule has 2 heterocycles. The number of rotatable bonds is 7. The van der Waals surface area contributed by atoms with E-state index < -0.39 is 5.92 Å². The number of hydrogen-bond donors (Lipinski definition) is 1. The Kier molecular flexibility index (Phi) is 7.05. The van der Waals surface area contributed by atoms with Crippen LogP contribution in [0.4, 0.5) is 0 Å². The lowest BCUT2D eigenvalue weighted by Gasteiger charge is -2.29. The number of aromatic nitrogens is 1. The zero-order valence-electron chi connectivity index (χ0n) is 18.9. The molecule has 168 valence electrons. The molecule has 4 rings (SSSR count). The molecule has 0 bridgehead atoms. The molecule has 1 aliphatic heterocycles. The van der Waals surface area contributed by atoms with Crippen molar-refractivity contribution in [2.75, 3.05) is 5.75 Å². The van der Waals surface area contributed by atoms with Gasteiger partial charge < -0.3 is 5.32 Å². The molecule has 5 nitrogen and oxygen atoms in total. The molecular formula is C28H23N3O2S. The maximum atomic E-state index is 12.9. The van der Waals surface area contributed by atoms with Crippen molar-refractivity contribution in [2.24, 2.45) is 0 Å². The first kappa shape index (κ1) is 23.2. The summed E-state index contributed by atoms with van der Waals surface area (Å²) in [4.78, 5) is 29.5. The smallest absolute Gasteiger partial charge is 0.173 e. The molecule has 1 aromatic heterocycles. The Balaban J connectivity index is 1.56. The molecular weight excluding hydrogens is 442 g/mol. The van der Waals surface area contributed by atoms with Crippen LogP contribution in [0.25, 0.3) is 11.1 Å². The fourth-order valence-electron chi connectivity index (χ4n) is 4.07. The number of hydrogen-bond acceptors (Lipinski definition) is 6.